The van der Waals surface area contributed by atoms with Crippen molar-refractivity contribution in [3.05, 3.63) is 100 Å². The maximum absolute atomic E-state index is 11.6. The molecule has 5 rings (SSSR count). The summed E-state index contributed by atoms with van der Waals surface area (Å²) in [5.41, 5.74) is 12.0. The van der Waals surface area contributed by atoms with Gasteiger partial charge in [0.25, 0.3) is 0 Å². The molecule has 2 heterocycles. The minimum Gasteiger partial charge on any atom is -0.386 e. The van der Waals surface area contributed by atoms with Crippen LogP contribution < -0.4 is 5.73 Å². The van der Waals surface area contributed by atoms with E-state index in [1.165, 1.54) is 0 Å². The average molecular weight is 514 g/mol. The highest BCUT2D eigenvalue weighted by Gasteiger charge is 2.23. The quantitative estimate of drug-likeness (QED) is 0.287. The highest BCUT2D eigenvalue weighted by Crippen LogP contribution is 2.37. The summed E-state index contributed by atoms with van der Waals surface area (Å²) in [6.07, 6.45) is 1.29. The topological polar surface area (TPSA) is 99.0 Å². The largest absolute Gasteiger partial charge is 0.386 e. The Balaban J connectivity index is 1.60. The SMILES string of the molecule is Cc1c(C(C)C)c(-c2cccc3nn(C[C@H](O)c4ccccc4)cc23)nn1-c1ccc(C(N)=O)cc1Cl. The van der Waals surface area contributed by atoms with Crippen molar-refractivity contribution < 1.29 is 9.90 Å². The Hall–Kier alpha value is -3.94. The van der Waals surface area contributed by atoms with Crippen LogP contribution in [0.15, 0.2) is 72.9 Å². The molecule has 2 aromatic heterocycles. The lowest BCUT2D eigenvalue weighted by molar-refractivity contribution is 0.1000. The van der Waals surface area contributed by atoms with Gasteiger partial charge in [-0.1, -0.05) is 67.9 Å². The van der Waals surface area contributed by atoms with Gasteiger partial charge in [0.1, 0.15) is 0 Å². The van der Waals surface area contributed by atoms with E-state index in [9.17, 15) is 9.90 Å². The van der Waals surface area contributed by atoms with Crippen LogP contribution in [0.25, 0.3) is 27.8 Å². The Morgan fingerprint density at radius 2 is 1.81 bits per heavy atom. The Bertz CT molecular complexity index is 1600. The Kier molecular flexibility index (Phi) is 6.58. The fourth-order valence-electron chi connectivity index (χ4n) is 4.82. The normalized spacial score (nSPS) is 12.4. The van der Waals surface area contributed by atoms with Gasteiger partial charge in [0.15, 0.2) is 0 Å². The zero-order valence-corrected chi connectivity index (χ0v) is 21.6. The third-order valence-corrected chi connectivity index (χ3v) is 6.90. The average Bonchev–Trinajstić information content (AvgIpc) is 3.44. The number of rotatable bonds is 7. The van der Waals surface area contributed by atoms with E-state index in [0.717, 1.165) is 39.0 Å². The molecule has 1 atom stereocenters. The molecule has 1 amide bonds. The second-order valence-corrected chi connectivity index (χ2v) is 9.87. The number of fused-ring (bicyclic) bond motifs is 1. The number of carbonyl (C=O) groups excluding carboxylic acids is 1. The summed E-state index contributed by atoms with van der Waals surface area (Å²) in [5, 5.41) is 21.8. The lowest BCUT2D eigenvalue weighted by atomic mass is 9.95. The second-order valence-electron chi connectivity index (χ2n) is 9.46. The molecule has 0 radical (unpaired) electrons. The van der Waals surface area contributed by atoms with E-state index < -0.39 is 12.0 Å². The standard InChI is InChI=1S/C29H28ClN5O2/c1-17(2)27-18(3)35(25-13-12-20(29(31)37)14-23(25)30)33-28(27)21-10-7-11-24-22(21)15-34(32-24)16-26(36)19-8-5-4-6-9-19/h4-15,17,26,36H,16H2,1-3H3,(H2,31,37)/t26-/m0/s1. The third-order valence-electron chi connectivity index (χ3n) is 6.60. The molecule has 0 saturated heterocycles. The molecule has 8 heteroatoms. The number of aliphatic hydroxyl groups excluding tert-OH is 1. The number of carbonyl (C=O) groups is 1. The molecule has 5 aromatic rings. The van der Waals surface area contributed by atoms with Crippen LogP contribution in [0.5, 0.6) is 0 Å². The number of hydrogen-bond donors (Lipinski definition) is 2. The summed E-state index contributed by atoms with van der Waals surface area (Å²) in [7, 11) is 0. The maximum Gasteiger partial charge on any atom is 0.248 e. The van der Waals surface area contributed by atoms with E-state index in [2.05, 4.69) is 13.8 Å². The van der Waals surface area contributed by atoms with E-state index in [1.807, 2.05) is 66.3 Å². The molecule has 0 fully saturated rings. The Morgan fingerprint density at radius 1 is 1.05 bits per heavy atom. The van der Waals surface area contributed by atoms with Gasteiger partial charge in [-0.15, -0.1) is 0 Å². The second kappa shape index (κ2) is 9.84. The molecule has 0 saturated carbocycles. The number of benzene rings is 3. The van der Waals surface area contributed by atoms with Crippen LogP contribution in [0.1, 0.15) is 53.0 Å². The van der Waals surface area contributed by atoms with Crippen molar-refractivity contribution in [3.63, 3.8) is 0 Å². The van der Waals surface area contributed by atoms with Crippen LogP contribution in [-0.2, 0) is 6.54 Å². The number of amides is 1. The molecule has 188 valence electrons. The number of nitrogens with two attached hydrogens (primary N) is 1. The summed E-state index contributed by atoms with van der Waals surface area (Å²) in [4.78, 5) is 11.6. The molecular formula is C29H28ClN5O2. The first kappa shape index (κ1) is 24.7. The van der Waals surface area contributed by atoms with Crippen LogP contribution in [-0.4, -0.2) is 30.6 Å². The van der Waals surface area contributed by atoms with Gasteiger partial charge in [-0.05, 0) is 42.7 Å². The van der Waals surface area contributed by atoms with E-state index >= 15 is 0 Å². The Morgan fingerprint density at radius 3 is 2.49 bits per heavy atom. The highest BCUT2D eigenvalue weighted by atomic mass is 35.5. The van der Waals surface area contributed by atoms with Crippen LogP contribution in [0.3, 0.4) is 0 Å². The molecule has 0 bridgehead atoms. The highest BCUT2D eigenvalue weighted by molar-refractivity contribution is 6.32. The Labute approximate surface area is 220 Å². The van der Waals surface area contributed by atoms with Crippen LogP contribution in [0.2, 0.25) is 5.02 Å². The van der Waals surface area contributed by atoms with Gasteiger partial charge in [-0.2, -0.15) is 10.2 Å². The zero-order valence-electron chi connectivity index (χ0n) is 20.9. The predicted octanol–water partition coefficient (Wildman–Crippen LogP) is 5.81. The van der Waals surface area contributed by atoms with Crippen molar-refractivity contribution in [2.24, 2.45) is 5.73 Å². The summed E-state index contributed by atoms with van der Waals surface area (Å²) in [5.74, 6) is -0.340. The van der Waals surface area contributed by atoms with Crippen molar-refractivity contribution in [2.45, 2.75) is 39.3 Å². The van der Waals surface area contributed by atoms with E-state index in [-0.39, 0.29) is 5.92 Å². The molecule has 3 aromatic carbocycles. The molecule has 7 nitrogen and oxygen atoms in total. The van der Waals surface area contributed by atoms with Crippen molar-refractivity contribution in [1.82, 2.24) is 19.6 Å². The third kappa shape index (κ3) is 4.63. The fraction of sp³-hybridized carbons (Fsp3) is 0.207. The van der Waals surface area contributed by atoms with Gasteiger partial charge in [0.2, 0.25) is 5.91 Å². The van der Waals surface area contributed by atoms with Crippen LogP contribution in [0, 0.1) is 6.92 Å². The summed E-state index contributed by atoms with van der Waals surface area (Å²) in [6, 6.07) is 20.5. The lowest BCUT2D eigenvalue weighted by Crippen LogP contribution is -2.11. The van der Waals surface area contributed by atoms with Crippen molar-refractivity contribution >= 4 is 28.4 Å². The summed E-state index contributed by atoms with van der Waals surface area (Å²) in [6.45, 7) is 6.62. The summed E-state index contributed by atoms with van der Waals surface area (Å²) < 4.78 is 3.60. The molecule has 0 aliphatic rings. The first-order chi connectivity index (χ1) is 17.7. The molecule has 0 aliphatic heterocycles. The van der Waals surface area contributed by atoms with E-state index in [4.69, 9.17) is 27.5 Å². The number of aromatic nitrogens is 4. The van der Waals surface area contributed by atoms with Gasteiger partial charge in [0, 0.05) is 34.0 Å². The number of hydrogen-bond acceptors (Lipinski definition) is 4. The molecule has 0 unspecified atom stereocenters. The molecular weight excluding hydrogens is 486 g/mol. The zero-order chi connectivity index (χ0) is 26.3. The minimum atomic E-state index is -0.669. The summed E-state index contributed by atoms with van der Waals surface area (Å²) >= 11 is 6.56. The lowest BCUT2D eigenvalue weighted by Gasteiger charge is -2.10. The fourth-order valence-corrected chi connectivity index (χ4v) is 5.08. The first-order valence-corrected chi connectivity index (χ1v) is 12.5. The maximum atomic E-state index is 11.6. The monoisotopic (exact) mass is 513 g/mol. The van der Waals surface area contributed by atoms with Gasteiger partial charge in [-0.25, -0.2) is 4.68 Å². The van der Waals surface area contributed by atoms with Gasteiger partial charge >= 0.3 is 0 Å². The molecule has 3 N–H and O–H groups in total. The van der Waals surface area contributed by atoms with Crippen LogP contribution >= 0.6 is 11.6 Å². The first-order valence-electron chi connectivity index (χ1n) is 12.1. The molecule has 0 spiro atoms. The van der Waals surface area contributed by atoms with Gasteiger partial charge < -0.3 is 10.8 Å². The van der Waals surface area contributed by atoms with Gasteiger partial charge in [-0.3, -0.25) is 9.48 Å². The molecule has 0 aliphatic carbocycles. The van der Waals surface area contributed by atoms with Crippen molar-refractivity contribution in [2.75, 3.05) is 0 Å². The number of primary amides is 1. The smallest absolute Gasteiger partial charge is 0.248 e. The minimum absolute atomic E-state index is 0.192. The number of aliphatic hydroxyl groups is 1. The van der Waals surface area contributed by atoms with Crippen molar-refractivity contribution in [1.29, 1.82) is 0 Å². The van der Waals surface area contributed by atoms with Crippen molar-refractivity contribution in [3.8, 4) is 16.9 Å². The number of halogens is 1. The van der Waals surface area contributed by atoms with E-state index in [1.54, 1.807) is 22.9 Å². The number of nitrogens with zero attached hydrogens (tertiary/aromatic N) is 4. The van der Waals surface area contributed by atoms with Crippen LogP contribution in [0.4, 0.5) is 0 Å². The predicted molar refractivity (Wildman–Crippen MR) is 146 cm³/mol. The van der Waals surface area contributed by atoms with E-state index in [0.29, 0.717) is 22.8 Å². The van der Waals surface area contributed by atoms with Gasteiger partial charge in [0.05, 0.1) is 34.6 Å². The molecule has 37 heavy (non-hydrogen) atoms.